The van der Waals surface area contributed by atoms with Crippen molar-refractivity contribution in [3.8, 4) is 0 Å². The first-order valence-electron chi connectivity index (χ1n) is 7.74. The molecule has 106 valence electrons. The second-order valence-electron chi connectivity index (χ2n) is 5.92. The minimum absolute atomic E-state index is 0.744. The van der Waals surface area contributed by atoms with Gasteiger partial charge in [-0.1, -0.05) is 48.5 Å². The molecule has 21 heavy (non-hydrogen) atoms. The quantitative estimate of drug-likeness (QED) is 0.747. The molecule has 1 aliphatic carbocycles. The van der Waals surface area contributed by atoms with Gasteiger partial charge in [0, 0.05) is 30.3 Å². The first-order valence-corrected chi connectivity index (χ1v) is 7.74. The van der Waals surface area contributed by atoms with Gasteiger partial charge in [0.1, 0.15) is 0 Å². The highest BCUT2D eigenvalue weighted by Gasteiger charge is 2.21. The molecular formula is C19H20N2. The second kappa shape index (κ2) is 5.38. The SMILES string of the molecule is c1ccc(Cn2c(CNC3CC3)cc3ccccc32)cc1. The molecule has 0 amide bonds. The van der Waals surface area contributed by atoms with Crippen molar-refractivity contribution in [2.45, 2.75) is 32.0 Å². The van der Waals surface area contributed by atoms with Crippen LogP contribution in [-0.2, 0) is 13.1 Å². The van der Waals surface area contributed by atoms with E-state index in [-0.39, 0.29) is 0 Å². The molecule has 0 unspecified atom stereocenters. The maximum atomic E-state index is 3.64. The Balaban J connectivity index is 1.70. The lowest BCUT2D eigenvalue weighted by atomic mass is 10.2. The number of nitrogens with one attached hydrogen (secondary N) is 1. The van der Waals surface area contributed by atoms with Crippen molar-refractivity contribution in [2.24, 2.45) is 0 Å². The monoisotopic (exact) mass is 276 g/mol. The van der Waals surface area contributed by atoms with Gasteiger partial charge in [0.25, 0.3) is 0 Å². The van der Waals surface area contributed by atoms with Crippen LogP contribution in [0.15, 0.2) is 60.7 Å². The third-order valence-corrected chi connectivity index (χ3v) is 4.23. The maximum Gasteiger partial charge on any atom is 0.0486 e. The van der Waals surface area contributed by atoms with Crippen molar-refractivity contribution >= 4 is 10.9 Å². The van der Waals surface area contributed by atoms with Crippen LogP contribution < -0.4 is 5.32 Å². The topological polar surface area (TPSA) is 17.0 Å². The Morgan fingerprint density at radius 1 is 0.952 bits per heavy atom. The first-order chi connectivity index (χ1) is 10.4. The Bertz CT molecular complexity index is 739. The summed E-state index contributed by atoms with van der Waals surface area (Å²) in [5.74, 6) is 0. The molecule has 2 aromatic carbocycles. The van der Waals surface area contributed by atoms with E-state index in [0.717, 1.165) is 19.1 Å². The van der Waals surface area contributed by atoms with Crippen LogP contribution >= 0.6 is 0 Å². The van der Waals surface area contributed by atoms with Gasteiger partial charge in [-0.3, -0.25) is 0 Å². The Kier molecular flexibility index (Phi) is 3.24. The van der Waals surface area contributed by atoms with Crippen LogP contribution in [0.4, 0.5) is 0 Å². The lowest BCUT2D eigenvalue weighted by molar-refractivity contribution is 0.641. The van der Waals surface area contributed by atoms with Crippen molar-refractivity contribution in [1.29, 1.82) is 0 Å². The summed E-state index contributed by atoms with van der Waals surface area (Å²) in [6.45, 7) is 1.90. The highest BCUT2D eigenvalue weighted by atomic mass is 15.0. The van der Waals surface area contributed by atoms with E-state index in [0.29, 0.717) is 0 Å². The summed E-state index contributed by atoms with van der Waals surface area (Å²) in [6.07, 6.45) is 2.66. The fourth-order valence-electron chi connectivity index (χ4n) is 2.90. The van der Waals surface area contributed by atoms with Gasteiger partial charge in [0.2, 0.25) is 0 Å². The Hall–Kier alpha value is -2.06. The number of hydrogen-bond donors (Lipinski definition) is 1. The number of aromatic nitrogens is 1. The normalized spacial score (nSPS) is 14.7. The second-order valence-corrected chi connectivity index (χ2v) is 5.92. The molecule has 4 rings (SSSR count). The van der Waals surface area contributed by atoms with E-state index < -0.39 is 0 Å². The molecule has 0 saturated heterocycles. The lowest BCUT2D eigenvalue weighted by Crippen LogP contribution is -2.18. The predicted molar refractivity (Wildman–Crippen MR) is 87.3 cm³/mol. The number of fused-ring (bicyclic) bond motifs is 1. The molecule has 1 heterocycles. The smallest absolute Gasteiger partial charge is 0.0486 e. The van der Waals surface area contributed by atoms with Crippen molar-refractivity contribution in [1.82, 2.24) is 9.88 Å². The largest absolute Gasteiger partial charge is 0.339 e. The summed E-state index contributed by atoms with van der Waals surface area (Å²) >= 11 is 0. The summed E-state index contributed by atoms with van der Waals surface area (Å²) in [6, 6.07) is 22.5. The highest BCUT2D eigenvalue weighted by Crippen LogP contribution is 2.23. The molecule has 1 fully saturated rings. The number of nitrogens with zero attached hydrogens (tertiary/aromatic N) is 1. The third kappa shape index (κ3) is 2.72. The van der Waals surface area contributed by atoms with Gasteiger partial charge >= 0.3 is 0 Å². The van der Waals surface area contributed by atoms with Gasteiger partial charge in [0.15, 0.2) is 0 Å². The number of benzene rings is 2. The summed E-state index contributed by atoms with van der Waals surface area (Å²) in [4.78, 5) is 0. The molecule has 0 spiro atoms. The molecule has 3 aromatic rings. The zero-order valence-corrected chi connectivity index (χ0v) is 12.1. The molecular weight excluding hydrogens is 256 g/mol. The van der Waals surface area contributed by atoms with Crippen LogP contribution in [0.3, 0.4) is 0 Å². The van der Waals surface area contributed by atoms with Crippen LogP contribution in [-0.4, -0.2) is 10.6 Å². The Morgan fingerprint density at radius 3 is 2.52 bits per heavy atom. The minimum atomic E-state index is 0.744. The summed E-state index contributed by atoms with van der Waals surface area (Å²) in [5, 5.41) is 4.97. The van der Waals surface area contributed by atoms with Crippen molar-refractivity contribution in [2.75, 3.05) is 0 Å². The third-order valence-electron chi connectivity index (χ3n) is 4.23. The summed E-state index contributed by atoms with van der Waals surface area (Å²) in [5.41, 5.74) is 4.06. The van der Waals surface area contributed by atoms with E-state index >= 15 is 0 Å². The molecule has 1 N–H and O–H groups in total. The van der Waals surface area contributed by atoms with Crippen LogP contribution in [0.2, 0.25) is 0 Å². The molecule has 1 aliphatic rings. The number of hydrogen-bond acceptors (Lipinski definition) is 1. The fraction of sp³-hybridized carbons (Fsp3) is 0.263. The molecule has 0 radical (unpaired) electrons. The van der Waals surface area contributed by atoms with Gasteiger partial charge in [-0.2, -0.15) is 0 Å². The van der Waals surface area contributed by atoms with Crippen LogP contribution in [0.5, 0.6) is 0 Å². The number of para-hydroxylation sites is 1. The Morgan fingerprint density at radius 2 is 1.71 bits per heavy atom. The predicted octanol–water partition coefficient (Wildman–Crippen LogP) is 3.94. The highest BCUT2D eigenvalue weighted by molar-refractivity contribution is 5.81. The van der Waals surface area contributed by atoms with Gasteiger partial charge in [-0.25, -0.2) is 0 Å². The summed E-state index contributed by atoms with van der Waals surface area (Å²) < 4.78 is 2.44. The molecule has 1 saturated carbocycles. The molecule has 0 atom stereocenters. The average molecular weight is 276 g/mol. The first kappa shape index (κ1) is 12.7. The molecule has 1 aromatic heterocycles. The van der Waals surface area contributed by atoms with Gasteiger partial charge in [0.05, 0.1) is 0 Å². The van der Waals surface area contributed by atoms with Crippen LogP contribution in [0, 0.1) is 0 Å². The van der Waals surface area contributed by atoms with Gasteiger partial charge in [-0.05, 0) is 35.9 Å². The van der Waals surface area contributed by atoms with E-state index in [9.17, 15) is 0 Å². The lowest BCUT2D eigenvalue weighted by Gasteiger charge is -2.11. The van der Waals surface area contributed by atoms with E-state index in [4.69, 9.17) is 0 Å². The Labute approximate surface area is 125 Å². The molecule has 0 bridgehead atoms. The van der Waals surface area contributed by atoms with E-state index in [1.54, 1.807) is 0 Å². The van der Waals surface area contributed by atoms with Gasteiger partial charge in [-0.15, -0.1) is 0 Å². The average Bonchev–Trinajstić information content (AvgIpc) is 3.30. The minimum Gasteiger partial charge on any atom is -0.339 e. The number of rotatable bonds is 5. The molecule has 2 nitrogen and oxygen atoms in total. The van der Waals surface area contributed by atoms with E-state index in [1.165, 1.54) is 35.0 Å². The zero-order valence-electron chi connectivity index (χ0n) is 12.1. The maximum absolute atomic E-state index is 3.64. The van der Waals surface area contributed by atoms with Gasteiger partial charge < -0.3 is 9.88 Å². The van der Waals surface area contributed by atoms with Crippen LogP contribution in [0.25, 0.3) is 10.9 Å². The molecule has 2 heteroatoms. The zero-order chi connectivity index (χ0) is 14.1. The van der Waals surface area contributed by atoms with Crippen LogP contribution in [0.1, 0.15) is 24.1 Å². The van der Waals surface area contributed by atoms with Crippen molar-refractivity contribution in [3.63, 3.8) is 0 Å². The standard InChI is InChI=1S/C19H20N2/c1-2-6-15(7-3-1)14-21-18(13-20-17-10-11-17)12-16-8-4-5-9-19(16)21/h1-9,12,17,20H,10-11,13-14H2. The van der Waals surface area contributed by atoms with E-state index in [2.05, 4.69) is 70.5 Å². The molecule has 0 aliphatic heterocycles. The van der Waals surface area contributed by atoms with Crippen molar-refractivity contribution < 1.29 is 0 Å². The summed E-state index contributed by atoms with van der Waals surface area (Å²) in [7, 11) is 0. The fourth-order valence-corrected chi connectivity index (χ4v) is 2.90. The van der Waals surface area contributed by atoms with E-state index in [1.807, 2.05) is 0 Å². The van der Waals surface area contributed by atoms with Crippen molar-refractivity contribution in [3.05, 3.63) is 71.9 Å².